The second-order valence-corrected chi connectivity index (χ2v) is 9.40. The lowest BCUT2D eigenvalue weighted by Gasteiger charge is -2.24. The lowest BCUT2D eigenvalue weighted by Crippen LogP contribution is -2.31. The Labute approximate surface area is 196 Å². The average molecular weight is 455 g/mol. The number of nitrogens with one attached hydrogen (secondary N) is 1. The van der Waals surface area contributed by atoms with Crippen LogP contribution in [-0.4, -0.2) is 57.0 Å². The van der Waals surface area contributed by atoms with Crippen molar-refractivity contribution in [1.82, 2.24) is 4.90 Å². The molecule has 2 amide bonds. The number of amides is 2. The minimum atomic E-state index is -0.323. The molecule has 6 nitrogen and oxygen atoms in total. The third-order valence-corrected chi connectivity index (χ3v) is 6.98. The maximum absolute atomic E-state index is 14.9. The predicted molar refractivity (Wildman–Crippen MR) is 133 cm³/mol. The Kier molecular flexibility index (Phi) is 6.98. The summed E-state index contributed by atoms with van der Waals surface area (Å²) in [5.74, 6) is -0.417. The molecule has 7 heteroatoms. The molecule has 1 saturated heterocycles. The molecule has 1 unspecified atom stereocenters. The number of hydrogen-bond donors (Lipinski definition) is 1. The lowest BCUT2D eigenvalue weighted by atomic mass is 10.1. The van der Waals surface area contributed by atoms with Gasteiger partial charge in [0.15, 0.2) is 0 Å². The zero-order valence-corrected chi connectivity index (χ0v) is 19.7. The second-order valence-electron chi connectivity index (χ2n) is 9.40. The van der Waals surface area contributed by atoms with Crippen LogP contribution in [0, 0.1) is 11.7 Å². The number of halogens is 1. The number of carbonyl (C=O) groups is 2. The number of hydrogen-bond acceptors (Lipinski definition) is 4. The molecule has 1 saturated carbocycles. The number of benzene rings is 2. The molecule has 1 atom stereocenters. The Bertz CT molecular complexity index is 1010. The average Bonchev–Trinajstić information content (AvgIpc) is 3.51. The molecule has 4 rings (SSSR count). The van der Waals surface area contributed by atoms with Crippen molar-refractivity contribution >= 4 is 28.9 Å². The smallest absolute Gasteiger partial charge is 0.258 e. The van der Waals surface area contributed by atoms with Crippen molar-refractivity contribution in [2.75, 3.05) is 49.3 Å². The predicted octanol–water partition coefficient (Wildman–Crippen LogP) is 4.62. The Morgan fingerprint density at radius 1 is 1.03 bits per heavy atom. The summed E-state index contributed by atoms with van der Waals surface area (Å²) in [4.78, 5) is 30.9. The van der Waals surface area contributed by atoms with Crippen molar-refractivity contribution in [2.45, 2.75) is 38.1 Å². The highest BCUT2D eigenvalue weighted by atomic mass is 19.1. The summed E-state index contributed by atoms with van der Waals surface area (Å²) < 4.78 is 14.9. The Morgan fingerprint density at radius 3 is 2.33 bits per heavy atom. The molecule has 0 radical (unpaired) electrons. The molecule has 178 valence electrons. The largest absolute Gasteiger partial charge is 0.368 e. The summed E-state index contributed by atoms with van der Waals surface area (Å²) in [7, 11) is 5.74. The van der Waals surface area contributed by atoms with E-state index in [-0.39, 0.29) is 25.0 Å². The SMILES string of the molecule is CN(C(=O)c1ccc(NC(=O)C2CCCC2)cc1)c1ccc(N2CCC(N(C)C)C2)c(F)c1.[HH]. The van der Waals surface area contributed by atoms with E-state index in [9.17, 15) is 14.0 Å². The fraction of sp³-hybridized carbons (Fsp3) is 0.462. The molecule has 2 aromatic carbocycles. The Hall–Kier alpha value is -2.93. The highest BCUT2D eigenvalue weighted by molar-refractivity contribution is 6.06. The Balaban J connectivity index is 0.00000324. The van der Waals surface area contributed by atoms with Crippen LogP contribution in [-0.2, 0) is 4.79 Å². The highest BCUT2D eigenvalue weighted by Gasteiger charge is 2.26. The van der Waals surface area contributed by atoms with E-state index in [1.54, 1.807) is 43.4 Å². The first-order chi connectivity index (χ1) is 15.8. The van der Waals surface area contributed by atoms with Gasteiger partial charge in [0.1, 0.15) is 5.82 Å². The zero-order valence-electron chi connectivity index (χ0n) is 19.7. The van der Waals surface area contributed by atoms with E-state index in [0.717, 1.165) is 45.2 Å². The van der Waals surface area contributed by atoms with Gasteiger partial charge in [-0.25, -0.2) is 4.39 Å². The molecular formula is C26H35FN4O2. The highest BCUT2D eigenvalue weighted by Crippen LogP contribution is 2.29. The van der Waals surface area contributed by atoms with Crippen LogP contribution in [0.25, 0.3) is 0 Å². The van der Waals surface area contributed by atoms with Crippen molar-refractivity contribution in [3.8, 4) is 0 Å². The van der Waals surface area contributed by atoms with Crippen LogP contribution in [0.3, 0.4) is 0 Å². The molecule has 1 N–H and O–H groups in total. The van der Waals surface area contributed by atoms with Gasteiger partial charge in [0, 0.05) is 50.5 Å². The number of likely N-dealkylation sites (N-methyl/N-ethyl adjacent to an activating group) is 1. The van der Waals surface area contributed by atoms with E-state index in [4.69, 9.17) is 0 Å². The maximum atomic E-state index is 14.9. The topological polar surface area (TPSA) is 55.9 Å². The van der Waals surface area contributed by atoms with Crippen LogP contribution < -0.4 is 15.1 Å². The first-order valence-electron chi connectivity index (χ1n) is 11.7. The van der Waals surface area contributed by atoms with Crippen LogP contribution in [0.2, 0.25) is 0 Å². The van der Waals surface area contributed by atoms with Crippen LogP contribution in [0.1, 0.15) is 43.9 Å². The molecule has 33 heavy (non-hydrogen) atoms. The fourth-order valence-corrected chi connectivity index (χ4v) is 4.78. The minimum absolute atomic E-state index is 0. The van der Waals surface area contributed by atoms with Gasteiger partial charge in [-0.15, -0.1) is 0 Å². The summed E-state index contributed by atoms with van der Waals surface area (Å²) in [6, 6.07) is 12.3. The van der Waals surface area contributed by atoms with Gasteiger partial charge in [0.25, 0.3) is 5.91 Å². The quantitative estimate of drug-likeness (QED) is 0.692. The molecule has 2 fully saturated rings. The van der Waals surface area contributed by atoms with Crippen LogP contribution in [0.15, 0.2) is 42.5 Å². The first kappa shape index (κ1) is 23.2. The molecule has 2 aromatic rings. The molecule has 1 heterocycles. The van der Waals surface area contributed by atoms with Crippen LogP contribution in [0.4, 0.5) is 21.5 Å². The fourth-order valence-electron chi connectivity index (χ4n) is 4.78. The van der Waals surface area contributed by atoms with E-state index >= 15 is 0 Å². The molecule has 1 aliphatic heterocycles. The summed E-state index contributed by atoms with van der Waals surface area (Å²) in [5.41, 5.74) is 2.24. The number of anilines is 3. The molecule has 0 spiro atoms. The zero-order chi connectivity index (χ0) is 23.5. The van der Waals surface area contributed by atoms with E-state index < -0.39 is 0 Å². The van der Waals surface area contributed by atoms with Gasteiger partial charge in [-0.3, -0.25) is 9.59 Å². The van der Waals surface area contributed by atoms with E-state index in [0.29, 0.717) is 28.7 Å². The van der Waals surface area contributed by atoms with Gasteiger partial charge in [-0.1, -0.05) is 12.8 Å². The second kappa shape index (κ2) is 9.91. The summed E-state index contributed by atoms with van der Waals surface area (Å²) >= 11 is 0. The molecular weight excluding hydrogens is 419 g/mol. The molecule has 0 bridgehead atoms. The molecule has 2 aliphatic rings. The van der Waals surface area contributed by atoms with E-state index in [1.807, 2.05) is 14.1 Å². The van der Waals surface area contributed by atoms with Gasteiger partial charge in [0.05, 0.1) is 5.69 Å². The Morgan fingerprint density at radius 2 is 1.73 bits per heavy atom. The number of carbonyl (C=O) groups excluding carboxylic acids is 2. The van der Waals surface area contributed by atoms with E-state index in [2.05, 4.69) is 15.1 Å². The molecule has 1 aliphatic carbocycles. The first-order valence-corrected chi connectivity index (χ1v) is 11.7. The van der Waals surface area contributed by atoms with Gasteiger partial charge in [0.2, 0.25) is 5.91 Å². The number of rotatable bonds is 6. The maximum Gasteiger partial charge on any atom is 0.258 e. The standard InChI is InChI=1S/C26H33FN4O2.H2/c1-29(2)22-14-15-31(17-22)24-13-12-21(16-23(24)27)30(3)26(33)19-8-10-20(11-9-19)28-25(32)18-6-4-5-7-18;/h8-13,16,18,22H,4-7,14-15,17H2,1-3H3,(H,28,32);1H. The third-order valence-electron chi connectivity index (χ3n) is 6.98. The van der Waals surface area contributed by atoms with Gasteiger partial charge < -0.3 is 20.0 Å². The number of nitrogens with zero attached hydrogens (tertiary/aromatic N) is 3. The lowest BCUT2D eigenvalue weighted by molar-refractivity contribution is -0.119. The van der Waals surface area contributed by atoms with Gasteiger partial charge >= 0.3 is 0 Å². The van der Waals surface area contributed by atoms with Crippen LogP contribution in [0.5, 0.6) is 0 Å². The summed E-state index contributed by atoms with van der Waals surface area (Å²) in [5, 5.41) is 2.94. The van der Waals surface area contributed by atoms with Gasteiger partial charge in [-0.05, 0) is 75.8 Å². The monoisotopic (exact) mass is 454 g/mol. The summed E-state index contributed by atoms with van der Waals surface area (Å²) in [6.45, 7) is 1.61. The van der Waals surface area contributed by atoms with Crippen LogP contribution >= 0.6 is 0 Å². The van der Waals surface area contributed by atoms with E-state index in [1.165, 1.54) is 11.0 Å². The van der Waals surface area contributed by atoms with Crippen molar-refractivity contribution < 1.29 is 15.4 Å². The van der Waals surface area contributed by atoms with Crippen molar-refractivity contribution in [1.29, 1.82) is 0 Å². The normalized spacial score (nSPS) is 18.7. The third kappa shape index (κ3) is 5.19. The molecule has 0 aromatic heterocycles. The van der Waals surface area contributed by atoms with Gasteiger partial charge in [-0.2, -0.15) is 0 Å². The van der Waals surface area contributed by atoms with Crippen molar-refractivity contribution in [3.05, 3.63) is 53.8 Å². The minimum Gasteiger partial charge on any atom is -0.368 e. The van der Waals surface area contributed by atoms with Crippen molar-refractivity contribution in [3.63, 3.8) is 0 Å². The summed E-state index contributed by atoms with van der Waals surface area (Å²) in [6.07, 6.45) is 5.10. The van der Waals surface area contributed by atoms with Crippen molar-refractivity contribution in [2.24, 2.45) is 5.92 Å².